The number of carbonyl (C=O) groups excluding carboxylic acids is 2. The summed E-state index contributed by atoms with van der Waals surface area (Å²) in [5, 5.41) is 18.4. The summed E-state index contributed by atoms with van der Waals surface area (Å²) in [4.78, 5) is 35.6. The van der Waals surface area contributed by atoms with Crippen molar-refractivity contribution in [3.05, 3.63) is 0 Å². The molecule has 0 bridgehead atoms. The van der Waals surface area contributed by atoms with Crippen molar-refractivity contribution in [2.24, 2.45) is 5.73 Å². The molecule has 0 heterocycles. The van der Waals surface area contributed by atoms with E-state index in [2.05, 4.69) is 25.3 Å². The number of amides is 2. The van der Waals surface area contributed by atoms with Gasteiger partial charge in [0.15, 0.2) is 0 Å². The van der Waals surface area contributed by atoms with Crippen molar-refractivity contribution in [1.82, 2.24) is 4.90 Å². The van der Waals surface area contributed by atoms with Gasteiger partial charge in [-0.3, -0.25) is 19.3 Å². The first-order valence-corrected chi connectivity index (χ1v) is 8.64. The van der Waals surface area contributed by atoms with Crippen molar-refractivity contribution in [3.63, 3.8) is 0 Å². The number of nitrogens with two attached hydrogens (primary N) is 1. The number of aliphatic hydroxyl groups excluding tert-OH is 1. The van der Waals surface area contributed by atoms with Gasteiger partial charge in [0.25, 0.3) is 0 Å². The maximum Gasteiger partial charge on any atom is 0.323 e. The van der Waals surface area contributed by atoms with E-state index in [1.54, 1.807) is 0 Å². The fourth-order valence-electron chi connectivity index (χ4n) is 1.90. The zero-order valence-corrected chi connectivity index (χ0v) is 15.0. The minimum Gasteiger partial charge on any atom is -0.480 e. The van der Waals surface area contributed by atoms with Gasteiger partial charge in [-0.2, -0.15) is 25.3 Å². The van der Waals surface area contributed by atoms with Crippen LogP contribution in [-0.4, -0.2) is 62.6 Å². The van der Waals surface area contributed by atoms with Crippen LogP contribution in [0.1, 0.15) is 39.0 Å². The lowest BCUT2D eigenvalue weighted by molar-refractivity contribution is -0.154. The summed E-state index contributed by atoms with van der Waals surface area (Å²) in [6, 6.07) is -1.32. The molecule has 0 radical (unpaired) electrons. The van der Waals surface area contributed by atoms with Gasteiger partial charge < -0.3 is 15.9 Å². The summed E-state index contributed by atoms with van der Waals surface area (Å²) in [6.45, 7) is 0.549. The number of hydrogen-bond donors (Lipinski definition) is 5. The molecule has 0 saturated carbocycles. The number of carboxylic acid groups (broad SMARTS) is 1. The predicted octanol–water partition coefficient (Wildman–Crippen LogP) is 0.313. The Hall–Kier alpha value is -0.770. The molecule has 0 saturated heterocycles. The fourth-order valence-corrected chi connectivity index (χ4v) is 2.72. The van der Waals surface area contributed by atoms with Crippen LogP contribution in [0, 0.1) is 0 Å². The lowest BCUT2D eigenvalue weighted by Gasteiger charge is -2.23. The summed E-state index contributed by atoms with van der Waals surface area (Å²) in [7, 11) is 0. The van der Waals surface area contributed by atoms with Crippen molar-refractivity contribution < 1.29 is 24.6 Å². The number of aliphatic carboxylic acids is 1. The number of aliphatic hydroxyl groups is 1. The Labute approximate surface area is 147 Å². The van der Waals surface area contributed by atoms with Crippen LogP contribution in [-0.2, 0) is 14.4 Å². The fraction of sp³-hybridized carbons (Fsp3) is 0.786. The van der Waals surface area contributed by atoms with E-state index in [-0.39, 0.29) is 11.7 Å². The van der Waals surface area contributed by atoms with E-state index in [4.69, 9.17) is 10.8 Å². The lowest BCUT2D eigenvalue weighted by atomic mass is 10.1. The van der Waals surface area contributed by atoms with Gasteiger partial charge in [-0.25, -0.2) is 0 Å². The number of unbranched alkanes of at least 4 members (excludes halogenated alkanes) is 1. The molecule has 3 unspecified atom stereocenters. The minimum absolute atomic E-state index is 0.0485. The predicted molar refractivity (Wildman–Crippen MR) is 93.7 cm³/mol. The number of rotatable bonds is 11. The third-order valence-electron chi connectivity index (χ3n) is 3.31. The van der Waals surface area contributed by atoms with Crippen LogP contribution in [0.5, 0.6) is 0 Å². The molecule has 0 aliphatic heterocycles. The molecule has 0 aliphatic carbocycles. The molecule has 23 heavy (non-hydrogen) atoms. The maximum atomic E-state index is 12.1. The third-order valence-corrected chi connectivity index (χ3v) is 4.08. The van der Waals surface area contributed by atoms with Crippen LogP contribution in [0.4, 0.5) is 0 Å². The first-order chi connectivity index (χ1) is 10.7. The Kier molecular flexibility index (Phi) is 11.3. The van der Waals surface area contributed by atoms with Gasteiger partial charge in [-0.1, -0.05) is 6.42 Å². The second kappa shape index (κ2) is 11.7. The van der Waals surface area contributed by atoms with E-state index < -0.39 is 36.5 Å². The Morgan fingerprint density at radius 3 is 2.30 bits per heavy atom. The van der Waals surface area contributed by atoms with Crippen LogP contribution < -0.4 is 5.73 Å². The van der Waals surface area contributed by atoms with Gasteiger partial charge >= 0.3 is 5.97 Å². The standard InChI is InChI=1S/C14H26N2O5S2/c1-9(17)13(15)14(21)16(8-12(19)20)11(18)5-3-2-4-10(23)6-7-22/h9-10,13,17,22-23H,2-8,15H2,1H3,(H,19,20). The van der Waals surface area contributed by atoms with E-state index in [1.165, 1.54) is 6.92 Å². The van der Waals surface area contributed by atoms with Gasteiger partial charge in [0.2, 0.25) is 11.8 Å². The number of carbonyl (C=O) groups is 3. The highest BCUT2D eigenvalue weighted by Gasteiger charge is 2.30. The number of thiol groups is 2. The summed E-state index contributed by atoms with van der Waals surface area (Å²) < 4.78 is 0. The van der Waals surface area contributed by atoms with Gasteiger partial charge in [0, 0.05) is 11.7 Å². The molecule has 4 N–H and O–H groups in total. The Morgan fingerprint density at radius 2 is 1.83 bits per heavy atom. The summed E-state index contributed by atoms with van der Waals surface area (Å²) >= 11 is 8.50. The van der Waals surface area contributed by atoms with Crippen LogP contribution in [0.2, 0.25) is 0 Å². The molecule has 0 aromatic rings. The molecule has 134 valence electrons. The van der Waals surface area contributed by atoms with Gasteiger partial charge in [0.05, 0.1) is 6.10 Å². The lowest BCUT2D eigenvalue weighted by Crippen LogP contribution is -2.52. The summed E-state index contributed by atoms with van der Waals surface area (Å²) in [5.74, 6) is -2.05. The molecule has 0 fully saturated rings. The molecule has 0 aliphatic rings. The molecular formula is C14H26N2O5S2. The second-order valence-electron chi connectivity index (χ2n) is 5.39. The van der Waals surface area contributed by atoms with E-state index in [1.807, 2.05) is 0 Å². The minimum atomic E-state index is -1.32. The molecular weight excluding hydrogens is 340 g/mol. The molecule has 9 heteroatoms. The molecule has 0 aromatic carbocycles. The topological polar surface area (TPSA) is 121 Å². The van der Waals surface area contributed by atoms with Crippen LogP contribution >= 0.6 is 25.3 Å². The van der Waals surface area contributed by atoms with Gasteiger partial charge in [0.1, 0.15) is 12.6 Å². The normalized spacial score (nSPS) is 14.8. The van der Waals surface area contributed by atoms with Crippen molar-refractivity contribution in [2.75, 3.05) is 12.3 Å². The third kappa shape index (κ3) is 9.19. The highest BCUT2D eigenvalue weighted by atomic mass is 32.1. The van der Waals surface area contributed by atoms with Crippen molar-refractivity contribution >= 4 is 43.0 Å². The average Bonchev–Trinajstić information content (AvgIpc) is 2.47. The molecule has 3 atom stereocenters. The van der Waals surface area contributed by atoms with Crippen molar-refractivity contribution in [3.8, 4) is 0 Å². The zero-order chi connectivity index (χ0) is 18.0. The Balaban J connectivity index is 4.53. The first kappa shape index (κ1) is 22.2. The summed E-state index contributed by atoms with van der Waals surface area (Å²) in [5.41, 5.74) is 5.50. The largest absolute Gasteiger partial charge is 0.480 e. The monoisotopic (exact) mass is 366 g/mol. The van der Waals surface area contributed by atoms with Crippen molar-refractivity contribution in [2.45, 2.75) is 56.4 Å². The SMILES string of the molecule is CC(O)C(N)C(=O)N(CC(=O)O)C(=O)CCCCC(S)CCS. The maximum absolute atomic E-state index is 12.1. The number of carboxylic acids is 1. The molecule has 0 rings (SSSR count). The highest BCUT2D eigenvalue weighted by Crippen LogP contribution is 2.13. The molecule has 2 amide bonds. The van der Waals surface area contributed by atoms with Gasteiger partial charge in [-0.05, 0) is 31.9 Å². The smallest absolute Gasteiger partial charge is 0.323 e. The zero-order valence-electron chi connectivity index (χ0n) is 13.2. The molecule has 7 nitrogen and oxygen atoms in total. The Morgan fingerprint density at radius 1 is 1.22 bits per heavy atom. The van der Waals surface area contributed by atoms with Crippen LogP contribution in [0.15, 0.2) is 0 Å². The van der Waals surface area contributed by atoms with Crippen molar-refractivity contribution in [1.29, 1.82) is 0 Å². The summed E-state index contributed by atoms with van der Waals surface area (Å²) in [6.07, 6.45) is 1.83. The highest BCUT2D eigenvalue weighted by molar-refractivity contribution is 7.81. The van der Waals surface area contributed by atoms with Gasteiger partial charge in [-0.15, -0.1) is 0 Å². The van der Waals surface area contributed by atoms with Crippen LogP contribution in [0.3, 0.4) is 0 Å². The number of nitrogens with zero attached hydrogens (tertiary/aromatic N) is 1. The molecule has 0 aromatic heterocycles. The van der Waals surface area contributed by atoms with Crippen LogP contribution in [0.25, 0.3) is 0 Å². The van der Waals surface area contributed by atoms with E-state index in [9.17, 15) is 19.5 Å². The van der Waals surface area contributed by atoms with E-state index >= 15 is 0 Å². The second-order valence-corrected chi connectivity index (χ2v) is 6.57. The number of hydrogen-bond acceptors (Lipinski definition) is 7. The number of imide groups is 1. The molecule has 0 spiro atoms. The van der Waals surface area contributed by atoms with E-state index in [0.29, 0.717) is 11.3 Å². The Bertz CT molecular complexity index is 407. The first-order valence-electron chi connectivity index (χ1n) is 7.49. The average molecular weight is 367 g/mol. The quantitative estimate of drug-likeness (QED) is 0.265. The van der Waals surface area contributed by atoms with E-state index in [0.717, 1.165) is 25.0 Å².